The lowest BCUT2D eigenvalue weighted by atomic mass is 10.2. The number of carbonyl (C=O) groups excluding carboxylic acids is 1. The van der Waals surface area contributed by atoms with Crippen molar-refractivity contribution in [2.24, 2.45) is 0 Å². The van der Waals surface area contributed by atoms with Crippen molar-refractivity contribution < 1.29 is 14.5 Å². The third kappa shape index (κ3) is 2.85. The Hall–Kier alpha value is -2.63. The minimum absolute atomic E-state index is 0.0271. The van der Waals surface area contributed by atoms with Crippen molar-refractivity contribution in [1.29, 1.82) is 0 Å². The second-order valence-electron chi connectivity index (χ2n) is 4.14. The lowest BCUT2D eigenvalue weighted by Crippen LogP contribution is -2.14. The zero-order chi connectivity index (χ0) is 14.5. The summed E-state index contributed by atoms with van der Waals surface area (Å²) in [7, 11) is 0. The maximum absolute atomic E-state index is 11.9. The number of ether oxygens (including phenoxy) is 1. The van der Waals surface area contributed by atoms with Gasteiger partial charge in [-0.15, -0.1) is 0 Å². The number of nitro groups is 1. The van der Waals surface area contributed by atoms with E-state index in [4.69, 9.17) is 4.74 Å². The number of benzene rings is 1. The van der Waals surface area contributed by atoms with Gasteiger partial charge in [-0.3, -0.25) is 10.1 Å². The van der Waals surface area contributed by atoms with E-state index in [2.05, 4.69) is 0 Å². The Morgan fingerprint density at radius 3 is 2.60 bits per heavy atom. The largest absolute Gasteiger partial charge is 0.461 e. The molecule has 0 amide bonds. The Bertz CT molecular complexity index is 619. The van der Waals surface area contributed by atoms with Gasteiger partial charge in [0.15, 0.2) is 0 Å². The molecule has 0 aliphatic heterocycles. The summed E-state index contributed by atoms with van der Waals surface area (Å²) in [6.07, 6.45) is 1.53. The van der Waals surface area contributed by atoms with Gasteiger partial charge in [0.05, 0.1) is 11.5 Å². The van der Waals surface area contributed by atoms with Crippen molar-refractivity contribution in [2.45, 2.75) is 13.5 Å². The number of aromatic nitrogens is 1. The monoisotopic (exact) mass is 274 g/mol. The number of rotatable bonds is 5. The fourth-order valence-corrected chi connectivity index (χ4v) is 1.94. The highest BCUT2D eigenvalue weighted by molar-refractivity contribution is 5.92. The van der Waals surface area contributed by atoms with Gasteiger partial charge in [-0.05, 0) is 12.5 Å². The molecule has 2 rings (SSSR count). The van der Waals surface area contributed by atoms with Gasteiger partial charge in [0, 0.05) is 18.8 Å². The Labute approximate surface area is 115 Å². The summed E-state index contributed by atoms with van der Waals surface area (Å²) in [5, 5.41) is 11.0. The first-order chi connectivity index (χ1) is 9.63. The first-order valence-electron chi connectivity index (χ1n) is 6.18. The highest BCUT2D eigenvalue weighted by atomic mass is 16.6. The molecule has 0 fully saturated rings. The standard InChI is InChI=1S/C14H14N2O4/c1-2-20-14(17)13-12(16(18)19)8-9-15(13)10-11-6-4-3-5-7-11/h3-9H,2,10H2,1H3. The SMILES string of the molecule is CCOC(=O)c1c([N+](=O)[O-])ccn1Cc1ccccc1. The molecule has 0 bridgehead atoms. The lowest BCUT2D eigenvalue weighted by molar-refractivity contribution is -0.385. The molecule has 104 valence electrons. The van der Waals surface area contributed by atoms with Crippen LogP contribution in [0.25, 0.3) is 0 Å². The van der Waals surface area contributed by atoms with Crippen LogP contribution in [0.3, 0.4) is 0 Å². The van der Waals surface area contributed by atoms with Crippen LogP contribution < -0.4 is 0 Å². The average Bonchev–Trinajstić information content (AvgIpc) is 2.84. The van der Waals surface area contributed by atoms with E-state index in [0.29, 0.717) is 6.54 Å². The molecule has 1 aromatic heterocycles. The van der Waals surface area contributed by atoms with E-state index >= 15 is 0 Å². The lowest BCUT2D eigenvalue weighted by Gasteiger charge is -2.08. The molecule has 0 unspecified atom stereocenters. The molecule has 1 aromatic carbocycles. The molecule has 2 aromatic rings. The molecule has 0 aliphatic rings. The fourth-order valence-electron chi connectivity index (χ4n) is 1.94. The molecule has 1 heterocycles. The summed E-state index contributed by atoms with van der Waals surface area (Å²) >= 11 is 0. The Morgan fingerprint density at radius 2 is 2.00 bits per heavy atom. The molecule has 0 radical (unpaired) electrons. The molecular formula is C14H14N2O4. The topological polar surface area (TPSA) is 74.4 Å². The molecule has 0 N–H and O–H groups in total. The van der Waals surface area contributed by atoms with Crippen LogP contribution in [-0.2, 0) is 11.3 Å². The smallest absolute Gasteiger partial charge is 0.362 e. The van der Waals surface area contributed by atoms with Crippen LogP contribution in [0.4, 0.5) is 5.69 Å². The van der Waals surface area contributed by atoms with Gasteiger partial charge >= 0.3 is 11.7 Å². The first kappa shape index (κ1) is 13.8. The van der Waals surface area contributed by atoms with Crippen molar-refractivity contribution in [3.05, 3.63) is 64.0 Å². The van der Waals surface area contributed by atoms with Gasteiger partial charge < -0.3 is 9.30 Å². The Kier molecular flexibility index (Phi) is 4.14. The van der Waals surface area contributed by atoms with Crippen molar-refractivity contribution in [3.63, 3.8) is 0 Å². The summed E-state index contributed by atoms with van der Waals surface area (Å²) in [5.74, 6) is -0.680. The van der Waals surface area contributed by atoms with E-state index in [1.165, 1.54) is 16.8 Å². The predicted octanol–water partition coefficient (Wildman–Crippen LogP) is 2.62. The third-order valence-corrected chi connectivity index (χ3v) is 2.80. The second kappa shape index (κ2) is 6.01. The van der Waals surface area contributed by atoms with Crippen LogP contribution in [0.1, 0.15) is 23.0 Å². The fraction of sp³-hybridized carbons (Fsp3) is 0.214. The van der Waals surface area contributed by atoms with Crippen LogP contribution in [0.15, 0.2) is 42.6 Å². The Morgan fingerprint density at radius 1 is 1.30 bits per heavy atom. The van der Waals surface area contributed by atoms with Gasteiger partial charge in [0.25, 0.3) is 0 Å². The van der Waals surface area contributed by atoms with Crippen LogP contribution in [0, 0.1) is 10.1 Å². The molecule has 0 spiro atoms. The van der Waals surface area contributed by atoms with E-state index in [-0.39, 0.29) is 18.0 Å². The van der Waals surface area contributed by atoms with Crippen LogP contribution in [0.5, 0.6) is 0 Å². The molecule has 0 atom stereocenters. The highest BCUT2D eigenvalue weighted by Crippen LogP contribution is 2.22. The maximum Gasteiger partial charge on any atom is 0.362 e. The molecule has 20 heavy (non-hydrogen) atoms. The van der Waals surface area contributed by atoms with Crippen molar-refractivity contribution >= 4 is 11.7 Å². The van der Waals surface area contributed by atoms with Gasteiger partial charge in [0.1, 0.15) is 0 Å². The highest BCUT2D eigenvalue weighted by Gasteiger charge is 2.26. The minimum Gasteiger partial charge on any atom is -0.461 e. The average molecular weight is 274 g/mol. The van der Waals surface area contributed by atoms with E-state index in [1.807, 2.05) is 30.3 Å². The molecule has 0 saturated heterocycles. The van der Waals surface area contributed by atoms with E-state index in [0.717, 1.165) is 5.56 Å². The molecule has 0 saturated carbocycles. The third-order valence-electron chi connectivity index (χ3n) is 2.80. The van der Waals surface area contributed by atoms with Crippen molar-refractivity contribution in [2.75, 3.05) is 6.61 Å². The van der Waals surface area contributed by atoms with E-state index in [1.54, 1.807) is 6.92 Å². The van der Waals surface area contributed by atoms with Crippen LogP contribution in [-0.4, -0.2) is 22.1 Å². The predicted molar refractivity (Wildman–Crippen MR) is 72.6 cm³/mol. The normalized spacial score (nSPS) is 10.2. The van der Waals surface area contributed by atoms with Crippen molar-refractivity contribution in [1.82, 2.24) is 4.57 Å². The number of hydrogen-bond acceptors (Lipinski definition) is 4. The summed E-state index contributed by atoms with van der Waals surface area (Å²) in [4.78, 5) is 22.3. The quantitative estimate of drug-likeness (QED) is 0.477. The van der Waals surface area contributed by atoms with Crippen LogP contribution in [0.2, 0.25) is 0 Å². The summed E-state index contributed by atoms with van der Waals surface area (Å²) in [6.45, 7) is 2.21. The minimum atomic E-state index is -0.680. The zero-order valence-electron chi connectivity index (χ0n) is 11.0. The zero-order valence-corrected chi connectivity index (χ0v) is 11.0. The van der Waals surface area contributed by atoms with Gasteiger partial charge in [0.2, 0.25) is 5.69 Å². The number of hydrogen-bond donors (Lipinski definition) is 0. The second-order valence-corrected chi connectivity index (χ2v) is 4.14. The van der Waals surface area contributed by atoms with E-state index in [9.17, 15) is 14.9 Å². The summed E-state index contributed by atoms with van der Waals surface area (Å²) in [6, 6.07) is 10.7. The maximum atomic E-state index is 11.9. The molecule has 0 aliphatic carbocycles. The first-order valence-corrected chi connectivity index (χ1v) is 6.18. The van der Waals surface area contributed by atoms with Gasteiger partial charge in [-0.25, -0.2) is 4.79 Å². The van der Waals surface area contributed by atoms with E-state index < -0.39 is 10.9 Å². The van der Waals surface area contributed by atoms with Crippen LogP contribution >= 0.6 is 0 Å². The molecule has 6 heteroatoms. The number of carbonyl (C=O) groups is 1. The van der Waals surface area contributed by atoms with Gasteiger partial charge in [-0.1, -0.05) is 30.3 Å². The molecular weight excluding hydrogens is 260 g/mol. The number of esters is 1. The number of nitrogens with zero attached hydrogens (tertiary/aromatic N) is 2. The Balaban J connectivity index is 2.38. The summed E-state index contributed by atoms with van der Waals surface area (Å²) in [5.41, 5.74) is 0.684. The van der Waals surface area contributed by atoms with Crippen molar-refractivity contribution in [3.8, 4) is 0 Å². The summed E-state index contributed by atoms with van der Waals surface area (Å²) < 4.78 is 6.42. The van der Waals surface area contributed by atoms with Gasteiger partial charge in [-0.2, -0.15) is 0 Å². The molecule has 6 nitrogen and oxygen atoms in total.